The van der Waals surface area contributed by atoms with Gasteiger partial charge in [-0.25, -0.2) is 8.42 Å². The number of piperidine rings is 1. The lowest BCUT2D eigenvalue weighted by atomic mass is 9.98. The number of ether oxygens (including phenoxy) is 1. The van der Waals surface area contributed by atoms with Crippen LogP contribution in [0.5, 0.6) is 5.75 Å². The van der Waals surface area contributed by atoms with Gasteiger partial charge in [0.25, 0.3) is 0 Å². The highest BCUT2D eigenvalue weighted by molar-refractivity contribution is 9.10. The minimum atomic E-state index is -3.53. The van der Waals surface area contributed by atoms with Gasteiger partial charge in [0.1, 0.15) is 5.75 Å². The average Bonchev–Trinajstić information content (AvgIpc) is 3.24. The van der Waals surface area contributed by atoms with E-state index in [4.69, 9.17) is 9.26 Å². The van der Waals surface area contributed by atoms with Crippen LogP contribution in [-0.2, 0) is 10.0 Å². The number of sulfonamides is 1. The summed E-state index contributed by atoms with van der Waals surface area (Å²) in [5.41, 5.74) is 0.863. The van der Waals surface area contributed by atoms with E-state index in [0.717, 1.165) is 10.0 Å². The maximum absolute atomic E-state index is 12.9. The van der Waals surface area contributed by atoms with Crippen molar-refractivity contribution in [1.82, 2.24) is 14.4 Å². The van der Waals surface area contributed by atoms with Gasteiger partial charge < -0.3 is 9.26 Å². The zero-order chi connectivity index (χ0) is 20.4. The normalized spacial score (nSPS) is 16.1. The Morgan fingerprint density at radius 1 is 1.10 bits per heavy atom. The smallest absolute Gasteiger partial charge is 0.243 e. The minimum Gasteiger partial charge on any atom is -0.497 e. The average molecular weight is 478 g/mol. The van der Waals surface area contributed by atoms with E-state index in [1.54, 1.807) is 31.4 Å². The fourth-order valence-corrected chi connectivity index (χ4v) is 5.32. The third-order valence-electron chi connectivity index (χ3n) is 5.06. The molecule has 0 spiro atoms. The first-order valence-corrected chi connectivity index (χ1v) is 11.4. The van der Waals surface area contributed by atoms with Crippen molar-refractivity contribution in [2.75, 3.05) is 20.2 Å². The van der Waals surface area contributed by atoms with Crippen molar-refractivity contribution in [1.29, 1.82) is 0 Å². The van der Waals surface area contributed by atoms with E-state index >= 15 is 0 Å². The van der Waals surface area contributed by atoms with Crippen LogP contribution >= 0.6 is 15.9 Å². The zero-order valence-corrected chi connectivity index (χ0v) is 18.2. The standard InChI is InChI=1S/C20H20BrN3O4S/c1-27-15-6-8-16(9-7-15)29(25,26)24-12-10-14(11-13-24)20-22-19(23-28-20)17-4-2-3-5-18(17)21/h2-9,14H,10-13H2,1H3. The SMILES string of the molecule is COc1ccc(S(=O)(=O)N2CCC(c3nc(-c4ccccc4Br)no3)CC2)cc1. The second-order valence-corrected chi connectivity index (χ2v) is 9.58. The van der Waals surface area contributed by atoms with Gasteiger partial charge in [-0.15, -0.1) is 0 Å². The maximum atomic E-state index is 12.9. The molecule has 9 heteroatoms. The molecular weight excluding hydrogens is 458 g/mol. The molecule has 0 atom stereocenters. The second-order valence-electron chi connectivity index (χ2n) is 6.79. The van der Waals surface area contributed by atoms with Gasteiger partial charge in [0.15, 0.2) is 0 Å². The summed E-state index contributed by atoms with van der Waals surface area (Å²) in [6, 6.07) is 14.1. The molecule has 2 heterocycles. The molecule has 1 aromatic heterocycles. The van der Waals surface area contributed by atoms with Crippen molar-refractivity contribution in [3.05, 3.63) is 58.9 Å². The predicted molar refractivity (Wildman–Crippen MR) is 111 cm³/mol. The Morgan fingerprint density at radius 2 is 1.79 bits per heavy atom. The number of halogens is 1. The molecule has 0 saturated carbocycles. The minimum absolute atomic E-state index is 0.0426. The first kappa shape index (κ1) is 20.1. The highest BCUT2D eigenvalue weighted by atomic mass is 79.9. The van der Waals surface area contributed by atoms with E-state index in [0.29, 0.717) is 43.4 Å². The number of aromatic nitrogens is 2. The molecule has 29 heavy (non-hydrogen) atoms. The molecule has 0 aliphatic carbocycles. The summed E-state index contributed by atoms with van der Waals surface area (Å²) in [4.78, 5) is 4.81. The number of benzene rings is 2. The Morgan fingerprint density at radius 3 is 2.45 bits per heavy atom. The molecule has 1 saturated heterocycles. The number of rotatable bonds is 5. The lowest BCUT2D eigenvalue weighted by Gasteiger charge is -2.29. The highest BCUT2D eigenvalue weighted by Crippen LogP contribution is 2.32. The largest absolute Gasteiger partial charge is 0.497 e. The Kier molecular flexibility index (Phi) is 5.71. The Balaban J connectivity index is 1.45. The van der Waals surface area contributed by atoms with Crippen molar-refractivity contribution in [2.45, 2.75) is 23.7 Å². The topological polar surface area (TPSA) is 85.5 Å². The molecule has 152 valence electrons. The van der Waals surface area contributed by atoms with Gasteiger partial charge in [-0.05, 0) is 49.2 Å². The number of hydrogen-bond donors (Lipinski definition) is 0. The van der Waals surface area contributed by atoms with Gasteiger partial charge in [0, 0.05) is 29.0 Å². The van der Waals surface area contributed by atoms with E-state index in [2.05, 4.69) is 26.1 Å². The molecule has 0 bridgehead atoms. The van der Waals surface area contributed by atoms with Gasteiger partial charge in [-0.2, -0.15) is 9.29 Å². The summed E-state index contributed by atoms with van der Waals surface area (Å²) >= 11 is 3.50. The molecule has 0 unspecified atom stereocenters. The van der Waals surface area contributed by atoms with Gasteiger partial charge in [0.2, 0.25) is 21.7 Å². The van der Waals surface area contributed by atoms with E-state index < -0.39 is 10.0 Å². The van der Waals surface area contributed by atoms with Crippen LogP contribution in [0.25, 0.3) is 11.4 Å². The second kappa shape index (κ2) is 8.25. The summed E-state index contributed by atoms with van der Waals surface area (Å²) in [5, 5.41) is 4.09. The van der Waals surface area contributed by atoms with Crippen molar-refractivity contribution < 1.29 is 17.7 Å². The molecule has 2 aromatic carbocycles. The van der Waals surface area contributed by atoms with Crippen LogP contribution in [0, 0.1) is 0 Å². The summed E-state index contributed by atoms with van der Waals surface area (Å²) in [6.45, 7) is 0.817. The summed E-state index contributed by atoms with van der Waals surface area (Å²) in [7, 11) is -1.98. The number of hydrogen-bond acceptors (Lipinski definition) is 6. The van der Waals surface area contributed by atoms with Gasteiger partial charge in [0.05, 0.1) is 12.0 Å². The van der Waals surface area contributed by atoms with Crippen LogP contribution in [0.4, 0.5) is 0 Å². The van der Waals surface area contributed by atoms with Crippen LogP contribution in [0.3, 0.4) is 0 Å². The van der Waals surface area contributed by atoms with Crippen molar-refractivity contribution >= 4 is 26.0 Å². The first-order chi connectivity index (χ1) is 14.0. The molecule has 1 aliphatic rings. The maximum Gasteiger partial charge on any atom is 0.243 e. The lowest BCUT2D eigenvalue weighted by molar-refractivity contribution is 0.271. The molecule has 1 aliphatic heterocycles. The Labute approximate surface area is 177 Å². The Bertz CT molecular complexity index is 1090. The molecule has 0 radical (unpaired) electrons. The van der Waals surface area contributed by atoms with Gasteiger partial charge >= 0.3 is 0 Å². The Hall–Kier alpha value is -2.23. The van der Waals surface area contributed by atoms with Crippen LogP contribution in [0.15, 0.2) is 62.4 Å². The quantitative estimate of drug-likeness (QED) is 0.550. The summed E-state index contributed by atoms with van der Waals surface area (Å²) in [5.74, 6) is 1.75. The van der Waals surface area contributed by atoms with E-state index in [9.17, 15) is 8.42 Å². The summed E-state index contributed by atoms with van der Waals surface area (Å²) < 4.78 is 38.8. The third kappa shape index (κ3) is 4.08. The van der Waals surface area contributed by atoms with Crippen LogP contribution in [0.1, 0.15) is 24.7 Å². The van der Waals surface area contributed by atoms with Gasteiger partial charge in [-0.1, -0.05) is 33.2 Å². The van der Waals surface area contributed by atoms with Crippen molar-refractivity contribution in [2.24, 2.45) is 0 Å². The van der Waals surface area contributed by atoms with Crippen molar-refractivity contribution in [3.63, 3.8) is 0 Å². The van der Waals surface area contributed by atoms with Crippen LogP contribution < -0.4 is 4.74 Å². The fourth-order valence-electron chi connectivity index (χ4n) is 3.39. The van der Waals surface area contributed by atoms with Gasteiger partial charge in [-0.3, -0.25) is 0 Å². The van der Waals surface area contributed by atoms with E-state index in [-0.39, 0.29) is 10.8 Å². The molecule has 4 rings (SSSR count). The lowest BCUT2D eigenvalue weighted by Crippen LogP contribution is -2.37. The fraction of sp³-hybridized carbons (Fsp3) is 0.300. The van der Waals surface area contributed by atoms with E-state index in [1.807, 2.05) is 24.3 Å². The molecule has 1 fully saturated rings. The van der Waals surface area contributed by atoms with Crippen LogP contribution in [0.2, 0.25) is 0 Å². The molecule has 0 amide bonds. The highest BCUT2D eigenvalue weighted by Gasteiger charge is 2.32. The number of nitrogens with zero attached hydrogens (tertiary/aromatic N) is 3. The van der Waals surface area contributed by atoms with Crippen molar-refractivity contribution in [3.8, 4) is 17.1 Å². The summed E-state index contributed by atoms with van der Waals surface area (Å²) in [6.07, 6.45) is 1.26. The third-order valence-corrected chi connectivity index (χ3v) is 7.66. The molecular formula is C20H20BrN3O4S. The number of methoxy groups -OCH3 is 1. The zero-order valence-electron chi connectivity index (χ0n) is 15.8. The van der Waals surface area contributed by atoms with Crippen LogP contribution in [-0.4, -0.2) is 43.1 Å². The predicted octanol–water partition coefficient (Wildman–Crippen LogP) is 4.08. The molecule has 7 nitrogen and oxygen atoms in total. The molecule has 3 aromatic rings. The van der Waals surface area contributed by atoms with E-state index in [1.165, 1.54) is 4.31 Å². The first-order valence-electron chi connectivity index (χ1n) is 9.22. The monoisotopic (exact) mass is 477 g/mol. The molecule has 0 N–H and O–H groups in total.